The average Bonchev–Trinajstić information content (AvgIpc) is 3.10. The molecule has 2 aromatic heterocycles. The number of nitrogens with zero attached hydrogens (tertiary/aromatic N) is 3. The Morgan fingerprint density at radius 3 is 2.65 bits per heavy atom. The van der Waals surface area contributed by atoms with E-state index in [4.69, 9.17) is 5.73 Å². The fourth-order valence-corrected chi connectivity index (χ4v) is 2.04. The van der Waals surface area contributed by atoms with Crippen molar-refractivity contribution in [3.05, 3.63) is 72.2 Å². The summed E-state index contributed by atoms with van der Waals surface area (Å²) in [4.78, 5) is 27.4. The molecule has 0 aliphatic rings. The van der Waals surface area contributed by atoms with Gasteiger partial charge < -0.3 is 11.1 Å². The van der Waals surface area contributed by atoms with Crippen LogP contribution in [0.4, 0.5) is 5.82 Å². The molecule has 0 fully saturated rings. The Morgan fingerprint density at radius 1 is 1.09 bits per heavy atom. The van der Waals surface area contributed by atoms with E-state index in [-0.39, 0.29) is 17.4 Å². The minimum Gasteiger partial charge on any atom is -0.364 e. The van der Waals surface area contributed by atoms with Gasteiger partial charge in [0.2, 0.25) is 0 Å². The molecule has 3 N–H and O–H groups in total. The van der Waals surface area contributed by atoms with Crippen LogP contribution in [0.3, 0.4) is 0 Å². The van der Waals surface area contributed by atoms with Crippen molar-refractivity contribution in [1.82, 2.24) is 14.8 Å². The lowest BCUT2D eigenvalue weighted by atomic mass is 10.2. The van der Waals surface area contributed by atoms with E-state index in [2.05, 4.69) is 15.4 Å². The molecule has 7 heteroatoms. The third-order valence-electron chi connectivity index (χ3n) is 3.12. The van der Waals surface area contributed by atoms with E-state index in [1.54, 1.807) is 53.5 Å². The van der Waals surface area contributed by atoms with Gasteiger partial charge >= 0.3 is 0 Å². The number of nitrogens with two attached hydrogens (primary N) is 1. The van der Waals surface area contributed by atoms with Gasteiger partial charge in [-0.2, -0.15) is 5.10 Å². The van der Waals surface area contributed by atoms with E-state index >= 15 is 0 Å². The molecule has 0 saturated carbocycles. The van der Waals surface area contributed by atoms with Crippen LogP contribution in [0.15, 0.2) is 60.9 Å². The topological polar surface area (TPSA) is 103 Å². The van der Waals surface area contributed by atoms with E-state index in [0.29, 0.717) is 5.56 Å². The van der Waals surface area contributed by atoms with Crippen molar-refractivity contribution in [3.8, 4) is 5.69 Å². The molecular formula is C16H13N5O2. The largest absolute Gasteiger partial charge is 0.364 e. The summed E-state index contributed by atoms with van der Waals surface area (Å²) < 4.78 is 1.66. The highest BCUT2D eigenvalue weighted by Crippen LogP contribution is 2.12. The number of aromatic nitrogens is 3. The Labute approximate surface area is 131 Å². The van der Waals surface area contributed by atoms with Gasteiger partial charge in [0, 0.05) is 18.0 Å². The number of carbonyl (C=O) groups is 2. The van der Waals surface area contributed by atoms with Crippen LogP contribution in [0.5, 0.6) is 0 Å². The predicted molar refractivity (Wildman–Crippen MR) is 84.3 cm³/mol. The SMILES string of the molecule is NC(=O)c1cccc(NC(=O)c2cccc(-n3cccn3)c2)n1. The minimum atomic E-state index is -0.651. The van der Waals surface area contributed by atoms with Gasteiger partial charge in [-0.25, -0.2) is 9.67 Å². The monoisotopic (exact) mass is 307 g/mol. The lowest BCUT2D eigenvalue weighted by molar-refractivity contribution is 0.0991. The standard InChI is InChI=1S/C16H13N5O2/c17-15(22)13-6-2-7-14(19-13)20-16(23)11-4-1-5-12(10-11)21-9-3-8-18-21/h1-10H,(H2,17,22)(H,19,20,23). The van der Waals surface area contributed by atoms with Gasteiger partial charge in [0.1, 0.15) is 11.5 Å². The smallest absolute Gasteiger partial charge is 0.267 e. The van der Waals surface area contributed by atoms with E-state index in [9.17, 15) is 9.59 Å². The Bertz CT molecular complexity index is 858. The number of primary amides is 1. The summed E-state index contributed by atoms with van der Waals surface area (Å²) in [6.07, 6.45) is 3.45. The molecule has 2 amide bonds. The van der Waals surface area contributed by atoms with E-state index in [0.717, 1.165) is 5.69 Å². The van der Waals surface area contributed by atoms with Crippen LogP contribution in [0.1, 0.15) is 20.8 Å². The maximum atomic E-state index is 12.3. The highest BCUT2D eigenvalue weighted by atomic mass is 16.2. The third kappa shape index (κ3) is 3.24. The van der Waals surface area contributed by atoms with Crippen molar-refractivity contribution in [1.29, 1.82) is 0 Å². The summed E-state index contributed by atoms with van der Waals surface area (Å²) in [5, 5.41) is 6.76. The number of anilines is 1. The normalized spacial score (nSPS) is 10.3. The molecule has 0 bridgehead atoms. The zero-order valence-electron chi connectivity index (χ0n) is 12.0. The molecule has 0 atom stereocenters. The van der Waals surface area contributed by atoms with Crippen LogP contribution < -0.4 is 11.1 Å². The molecule has 23 heavy (non-hydrogen) atoms. The van der Waals surface area contributed by atoms with Gasteiger partial charge in [0.15, 0.2) is 0 Å². The van der Waals surface area contributed by atoms with E-state index in [1.807, 2.05) is 6.07 Å². The highest BCUT2D eigenvalue weighted by molar-refractivity contribution is 6.04. The van der Waals surface area contributed by atoms with Gasteiger partial charge in [-0.1, -0.05) is 12.1 Å². The second kappa shape index (κ2) is 6.10. The second-order valence-electron chi connectivity index (χ2n) is 4.73. The van der Waals surface area contributed by atoms with Crippen molar-refractivity contribution in [2.24, 2.45) is 5.73 Å². The maximum absolute atomic E-state index is 12.3. The summed E-state index contributed by atoms with van der Waals surface area (Å²) in [6.45, 7) is 0. The van der Waals surface area contributed by atoms with Crippen molar-refractivity contribution >= 4 is 17.6 Å². The number of benzene rings is 1. The summed E-state index contributed by atoms with van der Waals surface area (Å²) in [5.74, 6) is -0.731. The third-order valence-corrected chi connectivity index (χ3v) is 3.12. The maximum Gasteiger partial charge on any atom is 0.267 e. The predicted octanol–water partition coefficient (Wildman–Crippen LogP) is 1.62. The zero-order chi connectivity index (χ0) is 16.2. The van der Waals surface area contributed by atoms with Crippen LogP contribution in [-0.4, -0.2) is 26.6 Å². The van der Waals surface area contributed by atoms with Crippen molar-refractivity contribution in [2.75, 3.05) is 5.32 Å². The van der Waals surface area contributed by atoms with Crippen LogP contribution in [0.25, 0.3) is 5.69 Å². The summed E-state index contributed by atoms with van der Waals surface area (Å²) in [7, 11) is 0. The van der Waals surface area contributed by atoms with E-state index < -0.39 is 5.91 Å². The van der Waals surface area contributed by atoms with Gasteiger partial charge in [0.25, 0.3) is 11.8 Å². The van der Waals surface area contributed by atoms with Crippen molar-refractivity contribution in [3.63, 3.8) is 0 Å². The molecule has 2 heterocycles. The van der Waals surface area contributed by atoms with Crippen molar-refractivity contribution < 1.29 is 9.59 Å². The summed E-state index contributed by atoms with van der Waals surface area (Å²) in [6, 6.07) is 13.5. The van der Waals surface area contributed by atoms with Crippen LogP contribution in [-0.2, 0) is 0 Å². The molecule has 0 saturated heterocycles. The molecule has 3 rings (SSSR count). The fraction of sp³-hybridized carbons (Fsp3) is 0. The fourth-order valence-electron chi connectivity index (χ4n) is 2.04. The molecule has 0 radical (unpaired) electrons. The quantitative estimate of drug-likeness (QED) is 0.764. The first-order chi connectivity index (χ1) is 11.1. The van der Waals surface area contributed by atoms with Crippen LogP contribution in [0.2, 0.25) is 0 Å². The van der Waals surface area contributed by atoms with Gasteiger partial charge in [-0.3, -0.25) is 9.59 Å². The molecular weight excluding hydrogens is 294 g/mol. The molecule has 0 aliphatic heterocycles. The number of nitrogens with one attached hydrogen (secondary N) is 1. The lowest BCUT2D eigenvalue weighted by Gasteiger charge is -2.07. The first-order valence-electron chi connectivity index (χ1n) is 6.82. The average molecular weight is 307 g/mol. The number of rotatable bonds is 4. The number of pyridine rings is 1. The number of amides is 2. The minimum absolute atomic E-state index is 0.0908. The molecule has 1 aromatic carbocycles. The van der Waals surface area contributed by atoms with Crippen LogP contribution in [0, 0.1) is 0 Å². The lowest BCUT2D eigenvalue weighted by Crippen LogP contribution is -2.17. The summed E-state index contributed by atoms with van der Waals surface area (Å²) in [5.41, 5.74) is 6.48. The Kier molecular flexibility index (Phi) is 3.84. The Balaban J connectivity index is 1.82. The number of carbonyl (C=O) groups excluding carboxylic acids is 2. The van der Waals surface area contributed by atoms with E-state index in [1.165, 1.54) is 6.07 Å². The zero-order valence-corrected chi connectivity index (χ0v) is 12.0. The van der Waals surface area contributed by atoms with Crippen LogP contribution >= 0.6 is 0 Å². The molecule has 7 nitrogen and oxygen atoms in total. The number of hydrogen-bond acceptors (Lipinski definition) is 4. The molecule has 114 valence electrons. The van der Waals surface area contributed by atoms with Gasteiger partial charge in [-0.05, 0) is 36.4 Å². The first-order valence-corrected chi connectivity index (χ1v) is 6.82. The Morgan fingerprint density at radius 2 is 1.91 bits per heavy atom. The molecule has 0 spiro atoms. The highest BCUT2D eigenvalue weighted by Gasteiger charge is 2.10. The Hall–Kier alpha value is -3.48. The molecule has 0 aliphatic carbocycles. The van der Waals surface area contributed by atoms with Crippen molar-refractivity contribution in [2.45, 2.75) is 0 Å². The van der Waals surface area contributed by atoms with Gasteiger partial charge in [0.05, 0.1) is 5.69 Å². The second-order valence-corrected chi connectivity index (χ2v) is 4.73. The van der Waals surface area contributed by atoms with Gasteiger partial charge in [-0.15, -0.1) is 0 Å². The summed E-state index contributed by atoms with van der Waals surface area (Å²) >= 11 is 0. The number of hydrogen-bond donors (Lipinski definition) is 2. The first kappa shape index (κ1) is 14.5. The molecule has 3 aromatic rings. The molecule has 0 unspecified atom stereocenters.